The van der Waals surface area contributed by atoms with Gasteiger partial charge in [0.1, 0.15) is 0 Å². The second-order valence-electron chi connectivity index (χ2n) is 6.00. The van der Waals surface area contributed by atoms with Crippen LogP contribution in [0.2, 0.25) is 15.1 Å². The topological polar surface area (TPSA) is 66.8 Å². The highest BCUT2D eigenvalue weighted by molar-refractivity contribution is 6.40. The molecule has 3 rings (SSSR count). The van der Waals surface area contributed by atoms with Crippen LogP contribution in [0.4, 0.5) is 19.0 Å². The molecule has 0 unspecified atom stereocenters. The Labute approximate surface area is 178 Å². The number of halogens is 6. The largest absolute Gasteiger partial charge is 0.417 e. The fourth-order valence-corrected chi connectivity index (χ4v) is 3.47. The van der Waals surface area contributed by atoms with Gasteiger partial charge in [-0.05, 0) is 18.2 Å². The van der Waals surface area contributed by atoms with E-state index in [9.17, 15) is 18.0 Å². The highest BCUT2D eigenvalue weighted by atomic mass is 35.5. The van der Waals surface area contributed by atoms with Crippen molar-refractivity contribution in [1.82, 2.24) is 10.4 Å². The number of alkyl halides is 3. The van der Waals surface area contributed by atoms with E-state index in [0.29, 0.717) is 27.5 Å². The number of nitrogens with zero attached hydrogens (tertiary/aromatic N) is 3. The minimum atomic E-state index is -4.58. The number of nitrogens with one attached hydrogen (secondary N) is 1. The molecule has 0 fully saturated rings. The number of benzene rings is 1. The van der Waals surface area contributed by atoms with Gasteiger partial charge in [0.15, 0.2) is 5.82 Å². The highest BCUT2D eigenvalue weighted by Gasteiger charge is 2.33. The molecule has 1 atom stereocenters. The number of hydrogen-bond acceptors (Lipinski definition) is 5. The standard InChI is InChI=1S/C17H12Cl3F3N4O2/c1-27(15-11(20)5-8(7-24-15)17(21,22)23)25-16(28)13-6-12(26-29-13)14-9(18)3-2-4-10(14)19/h2-5,7,13H,6H2,1H3,(H,25,28)/t13-/m1/s1. The number of carbonyl (C=O) groups is 1. The predicted molar refractivity (Wildman–Crippen MR) is 103 cm³/mol. The third-order valence-corrected chi connectivity index (χ3v) is 4.87. The zero-order valence-electron chi connectivity index (χ0n) is 14.6. The molecule has 29 heavy (non-hydrogen) atoms. The number of anilines is 1. The number of oxime groups is 1. The van der Waals surface area contributed by atoms with Crippen LogP contribution in [-0.4, -0.2) is 29.8 Å². The number of amides is 1. The molecule has 1 N–H and O–H groups in total. The summed E-state index contributed by atoms with van der Waals surface area (Å²) in [4.78, 5) is 21.3. The summed E-state index contributed by atoms with van der Waals surface area (Å²) in [5, 5.41) is 5.40. The number of hydrazine groups is 1. The van der Waals surface area contributed by atoms with Crippen LogP contribution in [0.25, 0.3) is 0 Å². The molecular weight excluding hydrogens is 456 g/mol. The summed E-state index contributed by atoms with van der Waals surface area (Å²) in [5.41, 5.74) is 2.30. The minimum absolute atomic E-state index is 0.0682. The molecule has 1 aromatic heterocycles. The van der Waals surface area contributed by atoms with Crippen molar-refractivity contribution in [3.05, 3.63) is 56.7 Å². The summed E-state index contributed by atoms with van der Waals surface area (Å²) < 4.78 is 38.2. The Bertz CT molecular complexity index is 965. The highest BCUT2D eigenvalue weighted by Crippen LogP contribution is 2.33. The first-order valence-corrected chi connectivity index (χ1v) is 9.15. The maximum absolute atomic E-state index is 12.7. The predicted octanol–water partition coefficient (Wildman–Crippen LogP) is 4.72. The Morgan fingerprint density at radius 1 is 1.24 bits per heavy atom. The molecular formula is C17H12Cl3F3N4O2. The van der Waals surface area contributed by atoms with E-state index < -0.39 is 23.8 Å². The van der Waals surface area contributed by atoms with Crippen molar-refractivity contribution in [2.45, 2.75) is 18.7 Å². The van der Waals surface area contributed by atoms with Gasteiger partial charge in [0.25, 0.3) is 5.91 Å². The first-order valence-electron chi connectivity index (χ1n) is 8.02. The van der Waals surface area contributed by atoms with Gasteiger partial charge in [0.05, 0.1) is 26.3 Å². The maximum atomic E-state index is 12.7. The average Bonchev–Trinajstić information content (AvgIpc) is 3.10. The second-order valence-corrected chi connectivity index (χ2v) is 7.22. The van der Waals surface area contributed by atoms with Gasteiger partial charge >= 0.3 is 6.18 Å². The van der Waals surface area contributed by atoms with Crippen molar-refractivity contribution < 1.29 is 22.8 Å². The molecule has 0 aliphatic carbocycles. The van der Waals surface area contributed by atoms with Gasteiger partial charge in [0.2, 0.25) is 6.10 Å². The molecule has 12 heteroatoms. The van der Waals surface area contributed by atoms with Crippen LogP contribution in [0, 0.1) is 0 Å². The summed E-state index contributed by atoms with van der Waals surface area (Å²) in [6.45, 7) is 0. The maximum Gasteiger partial charge on any atom is 0.417 e. The lowest BCUT2D eigenvalue weighted by Crippen LogP contribution is -2.45. The molecule has 0 spiro atoms. The van der Waals surface area contributed by atoms with Crippen LogP contribution < -0.4 is 10.4 Å². The Hall–Kier alpha value is -2.23. The van der Waals surface area contributed by atoms with E-state index in [1.54, 1.807) is 18.2 Å². The Morgan fingerprint density at radius 3 is 2.48 bits per heavy atom. The quantitative estimate of drug-likeness (QED) is 0.661. The molecule has 1 amide bonds. The van der Waals surface area contributed by atoms with Gasteiger partial charge < -0.3 is 4.84 Å². The summed E-state index contributed by atoms with van der Waals surface area (Å²) in [7, 11) is 1.38. The fourth-order valence-electron chi connectivity index (χ4n) is 2.56. The zero-order chi connectivity index (χ0) is 21.3. The van der Waals surface area contributed by atoms with Crippen LogP contribution in [0.1, 0.15) is 17.5 Å². The molecule has 1 aliphatic heterocycles. The van der Waals surface area contributed by atoms with Crippen LogP contribution in [0.5, 0.6) is 0 Å². The monoisotopic (exact) mass is 466 g/mol. The van der Waals surface area contributed by atoms with E-state index in [1.165, 1.54) is 7.05 Å². The number of pyridine rings is 1. The fraction of sp³-hybridized carbons (Fsp3) is 0.235. The Morgan fingerprint density at radius 2 is 1.90 bits per heavy atom. The van der Waals surface area contributed by atoms with Crippen LogP contribution in [0.15, 0.2) is 35.6 Å². The Kier molecular flexibility index (Phi) is 6.11. The summed E-state index contributed by atoms with van der Waals surface area (Å²) >= 11 is 18.1. The zero-order valence-corrected chi connectivity index (χ0v) is 16.9. The van der Waals surface area contributed by atoms with Crippen LogP contribution in [-0.2, 0) is 15.8 Å². The van der Waals surface area contributed by atoms with Crippen molar-refractivity contribution in [1.29, 1.82) is 0 Å². The molecule has 1 aliphatic rings. The van der Waals surface area contributed by atoms with Crippen molar-refractivity contribution in [3.63, 3.8) is 0 Å². The first-order chi connectivity index (χ1) is 13.6. The van der Waals surface area contributed by atoms with Crippen molar-refractivity contribution in [3.8, 4) is 0 Å². The second kappa shape index (κ2) is 8.25. The molecule has 0 radical (unpaired) electrons. The van der Waals surface area contributed by atoms with Gasteiger partial charge in [-0.1, -0.05) is 46.0 Å². The molecule has 2 aromatic rings. The molecule has 1 aromatic carbocycles. The van der Waals surface area contributed by atoms with Crippen LogP contribution >= 0.6 is 34.8 Å². The Balaban J connectivity index is 1.67. The van der Waals surface area contributed by atoms with Gasteiger partial charge in [-0.15, -0.1) is 0 Å². The van der Waals surface area contributed by atoms with Gasteiger partial charge in [-0.3, -0.25) is 15.2 Å². The minimum Gasteiger partial charge on any atom is -0.382 e. The van der Waals surface area contributed by atoms with Crippen molar-refractivity contribution in [2.24, 2.45) is 5.16 Å². The van der Waals surface area contributed by atoms with E-state index in [4.69, 9.17) is 39.6 Å². The van der Waals surface area contributed by atoms with E-state index in [-0.39, 0.29) is 17.3 Å². The molecule has 0 bridgehead atoms. The molecule has 0 saturated carbocycles. The number of carbonyl (C=O) groups excluding carboxylic acids is 1. The third kappa shape index (κ3) is 4.68. The number of aromatic nitrogens is 1. The van der Waals surface area contributed by atoms with E-state index in [1.807, 2.05) is 0 Å². The molecule has 2 heterocycles. The van der Waals surface area contributed by atoms with Crippen LogP contribution in [0.3, 0.4) is 0 Å². The number of hydrogen-bond donors (Lipinski definition) is 1. The van der Waals surface area contributed by atoms with E-state index in [2.05, 4.69) is 15.6 Å². The summed E-state index contributed by atoms with van der Waals surface area (Å²) in [5.74, 6) is -0.673. The molecule has 154 valence electrons. The summed E-state index contributed by atoms with van der Waals surface area (Å²) in [6, 6.07) is 5.65. The summed E-state index contributed by atoms with van der Waals surface area (Å²) in [6.07, 6.45) is -4.86. The molecule has 6 nitrogen and oxygen atoms in total. The third-order valence-electron chi connectivity index (χ3n) is 3.96. The lowest BCUT2D eigenvalue weighted by atomic mass is 10.0. The van der Waals surface area contributed by atoms with Gasteiger partial charge in [0, 0.05) is 25.2 Å². The average molecular weight is 468 g/mol. The van der Waals surface area contributed by atoms with Crippen molar-refractivity contribution in [2.75, 3.05) is 12.1 Å². The normalized spacial score (nSPS) is 16.2. The SMILES string of the molecule is CN(NC(=O)[C@H]1CC(c2c(Cl)cccc2Cl)=NO1)c1ncc(C(F)(F)F)cc1Cl. The van der Waals surface area contributed by atoms with E-state index >= 15 is 0 Å². The molecule has 0 saturated heterocycles. The van der Waals surface area contributed by atoms with Gasteiger partial charge in [-0.25, -0.2) is 4.98 Å². The number of rotatable bonds is 4. The van der Waals surface area contributed by atoms with Crippen molar-refractivity contribution >= 4 is 52.2 Å². The lowest BCUT2D eigenvalue weighted by Gasteiger charge is -2.22. The lowest BCUT2D eigenvalue weighted by molar-refractivity contribution is -0.137. The van der Waals surface area contributed by atoms with Gasteiger partial charge in [-0.2, -0.15) is 13.2 Å². The first kappa shape index (κ1) is 21.5. The smallest absolute Gasteiger partial charge is 0.382 e. The van der Waals surface area contributed by atoms with E-state index in [0.717, 1.165) is 11.1 Å².